The van der Waals surface area contributed by atoms with E-state index in [0.29, 0.717) is 17.2 Å². The van der Waals surface area contributed by atoms with E-state index in [9.17, 15) is 27.6 Å². The van der Waals surface area contributed by atoms with Crippen LogP contribution < -0.4 is 11.2 Å². The lowest BCUT2D eigenvalue weighted by Crippen LogP contribution is -2.44. The summed E-state index contributed by atoms with van der Waals surface area (Å²) >= 11 is 0. The van der Waals surface area contributed by atoms with Crippen molar-refractivity contribution in [1.82, 2.24) is 9.30 Å². The molecule has 0 aliphatic carbocycles. The van der Waals surface area contributed by atoms with E-state index in [4.69, 9.17) is 4.74 Å². The van der Waals surface area contributed by atoms with Gasteiger partial charge < -0.3 is 9.94 Å². The largest absolute Gasteiger partial charge is 0.421 e. The number of halogens is 1. The Labute approximate surface area is 106 Å². The second-order valence-corrected chi connectivity index (χ2v) is 6.06. The quantitative estimate of drug-likeness (QED) is 0.559. The van der Waals surface area contributed by atoms with Crippen LogP contribution in [0.25, 0.3) is 0 Å². The maximum Gasteiger partial charge on any atom is 0.367 e. The zero-order valence-electron chi connectivity index (χ0n) is 9.87. The van der Waals surface area contributed by atoms with Gasteiger partial charge in [0.05, 0.1) is 0 Å². The summed E-state index contributed by atoms with van der Waals surface area (Å²) in [6.07, 6.45) is 0.468. The fourth-order valence-electron chi connectivity index (χ4n) is 1.93. The minimum atomic E-state index is -4.18. The van der Waals surface area contributed by atoms with E-state index in [-0.39, 0.29) is 13.0 Å². The predicted octanol–water partition coefficient (Wildman–Crippen LogP) is -0.901. The molecule has 1 aromatic rings. The highest BCUT2D eigenvalue weighted by atomic mass is 32.2. The van der Waals surface area contributed by atoms with E-state index in [1.165, 1.54) is 0 Å². The Morgan fingerprint density at radius 2 is 2.05 bits per heavy atom. The minimum Gasteiger partial charge on any atom is -0.421 e. The second-order valence-electron chi connectivity index (χ2n) is 4.13. The van der Waals surface area contributed by atoms with E-state index < -0.39 is 42.9 Å². The molecule has 0 bridgehead atoms. The summed E-state index contributed by atoms with van der Waals surface area (Å²) in [5.41, 5.74) is -3.06. The number of aromatic nitrogens is 2. The van der Waals surface area contributed by atoms with Gasteiger partial charge in [0, 0.05) is 12.9 Å². The van der Waals surface area contributed by atoms with Crippen molar-refractivity contribution in [3.05, 3.63) is 26.7 Å². The highest BCUT2D eigenvalue weighted by molar-refractivity contribution is 7.90. The summed E-state index contributed by atoms with van der Waals surface area (Å²) in [5, 5.41) is 8.13. The first kappa shape index (κ1) is 13.7. The Morgan fingerprint density at radius 1 is 1.42 bits per heavy atom. The highest BCUT2D eigenvalue weighted by Crippen LogP contribution is 2.24. The lowest BCUT2D eigenvalue weighted by atomic mass is 10.3. The van der Waals surface area contributed by atoms with E-state index in [0.717, 1.165) is 0 Å². The summed E-state index contributed by atoms with van der Waals surface area (Å²) < 4.78 is 42.0. The van der Waals surface area contributed by atoms with Crippen LogP contribution in [0.4, 0.5) is 4.39 Å². The van der Waals surface area contributed by atoms with Crippen LogP contribution in [0, 0.1) is 5.82 Å². The summed E-state index contributed by atoms with van der Waals surface area (Å²) in [5.74, 6) is -1.71. The molecule has 1 aliphatic heterocycles. The van der Waals surface area contributed by atoms with Gasteiger partial charge in [-0.1, -0.05) is 4.73 Å². The molecule has 106 valence electrons. The number of hydrogen-bond donors (Lipinski definition) is 1. The lowest BCUT2D eigenvalue weighted by molar-refractivity contribution is 0.0319. The molecule has 1 unspecified atom stereocenters. The van der Waals surface area contributed by atoms with Crippen LogP contribution in [0.1, 0.15) is 19.1 Å². The van der Waals surface area contributed by atoms with Gasteiger partial charge in [-0.25, -0.2) is 13.2 Å². The van der Waals surface area contributed by atoms with Crippen LogP contribution in [-0.2, 0) is 14.6 Å². The molecule has 19 heavy (non-hydrogen) atoms. The lowest BCUT2D eigenvalue weighted by Gasteiger charge is -2.17. The van der Waals surface area contributed by atoms with Crippen LogP contribution >= 0.6 is 0 Å². The van der Waals surface area contributed by atoms with Gasteiger partial charge in [0.25, 0.3) is 0 Å². The maximum absolute atomic E-state index is 13.8. The van der Waals surface area contributed by atoms with Crippen LogP contribution in [0.15, 0.2) is 14.6 Å². The molecule has 1 saturated heterocycles. The molecule has 1 fully saturated rings. The van der Waals surface area contributed by atoms with Gasteiger partial charge in [0.2, 0.25) is 5.82 Å². The van der Waals surface area contributed by atoms with Crippen molar-refractivity contribution in [1.29, 1.82) is 0 Å². The first-order valence-corrected chi connectivity index (χ1v) is 7.22. The number of rotatable bonds is 2. The van der Waals surface area contributed by atoms with Gasteiger partial charge >= 0.3 is 11.2 Å². The maximum atomic E-state index is 13.8. The Morgan fingerprint density at radius 3 is 2.53 bits per heavy atom. The fraction of sp³-hybridized carbons (Fsp3) is 0.556. The number of sulfone groups is 1. The molecule has 0 spiro atoms. The molecule has 8 nitrogen and oxygen atoms in total. The van der Waals surface area contributed by atoms with Crippen molar-refractivity contribution in [3.8, 4) is 0 Å². The number of nitrogens with zero attached hydrogens (tertiary/aromatic N) is 2. The van der Waals surface area contributed by atoms with Crippen LogP contribution in [0.5, 0.6) is 0 Å². The average molecular weight is 294 g/mol. The summed E-state index contributed by atoms with van der Waals surface area (Å²) in [4.78, 5) is 23.0. The van der Waals surface area contributed by atoms with Crippen molar-refractivity contribution >= 4 is 9.84 Å². The third-order valence-corrected chi connectivity index (χ3v) is 3.80. The normalized spacial score (nSPS) is 19.8. The third-order valence-electron chi connectivity index (χ3n) is 2.72. The molecule has 2 rings (SSSR count). The predicted molar refractivity (Wildman–Crippen MR) is 59.4 cm³/mol. The molecule has 2 heterocycles. The molecular formula is C9H11FN2O6S. The Kier molecular flexibility index (Phi) is 3.22. The molecule has 0 amide bonds. The molecule has 1 aliphatic rings. The van der Waals surface area contributed by atoms with Crippen LogP contribution in [0.2, 0.25) is 0 Å². The number of ether oxygens (including phenoxy) is 1. The highest BCUT2D eigenvalue weighted by Gasteiger charge is 2.31. The summed E-state index contributed by atoms with van der Waals surface area (Å²) in [6.45, 7) is 0.270. The smallest absolute Gasteiger partial charge is 0.367 e. The molecular weight excluding hydrogens is 283 g/mol. The van der Waals surface area contributed by atoms with E-state index >= 15 is 0 Å². The molecule has 10 heteroatoms. The van der Waals surface area contributed by atoms with Gasteiger partial charge in [-0.15, -0.1) is 0 Å². The zero-order valence-corrected chi connectivity index (χ0v) is 10.7. The first-order valence-electron chi connectivity index (χ1n) is 5.33. The molecule has 1 N–H and O–H groups in total. The van der Waals surface area contributed by atoms with Gasteiger partial charge in [-0.05, 0) is 12.8 Å². The van der Waals surface area contributed by atoms with Crippen LogP contribution in [0.3, 0.4) is 0 Å². The van der Waals surface area contributed by atoms with Gasteiger partial charge in [-0.2, -0.15) is 4.39 Å². The molecule has 1 aromatic heterocycles. The zero-order chi connectivity index (χ0) is 14.4. The average Bonchev–Trinajstić information content (AvgIpc) is 2.82. The molecule has 0 aromatic carbocycles. The SMILES string of the molecule is CS(=O)(=O)c1c(F)c(=O)n(O)c(=O)n1C1CCCO1. The fourth-order valence-corrected chi connectivity index (χ4v) is 2.89. The monoisotopic (exact) mass is 294 g/mol. The molecule has 0 radical (unpaired) electrons. The van der Waals surface area contributed by atoms with Gasteiger partial charge in [0.1, 0.15) is 6.23 Å². The van der Waals surface area contributed by atoms with Crippen molar-refractivity contribution < 1.29 is 22.8 Å². The molecule has 0 saturated carbocycles. The van der Waals surface area contributed by atoms with E-state index in [2.05, 4.69) is 0 Å². The molecule has 1 atom stereocenters. The second kappa shape index (κ2) is 4.46. The first-order chi connectivity index (χ1) is 8.75. The van der Waals surface area contributed by atoms with Crippen molar-refractivity contribution in [2.24, 2.45) is 0 Å². The Hall–Kier alpha value is -1.68. The minimum absolute atomic E-state index is 0.270. The summed E-state index contributed by atoms with van der Waals surface area (Å²) in [6, 6.07) is 0. The topological polar surface area (TPSA) is 108 Å². The Balaban J connectivity index is 2.91. The van der Waals surface area contributed by atoms with E-state index in [1.54, 1.807) is 0 Å². The standard InChI is InChI=1S/C9H11FN2O6S/c1-19(16,17)8-6(10)7(13)12(15)9(14)11(8)5-3-2-4-18-5/h5,15H,2-4H2,1H3. The van der Waals surface area contributed by atoms with Crippen molar-refractivity contribution in [2.75, 3.05) is 12.9 Å². The van der Waals surface area contributed by atoms with Gasteiger partial charge in [0.15, 0.2) is 14.9 Å². The number of hydrogen-bond acceptors (Lipinski definition) is 6. The summed E-state index contributed by atoms with van der Waals surface area (Å²) in [7, 11) is -4.18. The van der Waals surface area contributed by atoms with Crippen molar-refractivity contribution in [3.63, 3.8) is 0 Å². The van der Waals surface area contributed by atoms with Crippen molar-refractivity contribution in [2.45, 2.75) is 24.1 Å². The Bertz CT molecular complexity index is 728. The van der Waals surface area contributed by atoms with Gasteiger partial charge in [-0.3, -0.25) is 9.36 Å². The van der Waals surface area contributed by atoms with Crippen LogP contribution in [-0.4, -0.2) is 35.8 Å². The third kappa shape index (κ3) is 2.16. The van der Waals surface area contributed by atoms with E-state index in [1.807, 2.05) is 0 Å².